The molecule has 0 bridgehead atoms. The van der Waals surface area contributed by atoms with E-state index in [1.165, 1.54) is 17.9 Å². The molecular formula is C9H15ClN4O3S. The minimum atomic E-state index is -3.65. The zero-order valence-electron chi connectivity index (χ0n) is 9.89. The topological polar surface area (TPSA) is 85.2 Å². The Balaban J connectivity index is 2.03. The minimum absolute atomic E-state index is 0.0269. The first-order valence-electron chi connectivity index (χ1n) is 5.49. The lowest BCUT2D eigenvalue weighted by Crippen LogP contribution is -2.48. The Kier molecular flexibility index (Phi) is 4.23. The molecule has 9 heteroatoms. The molecule has 1 aliphatic heterocycles. The quantitative estimate of drug-likeness (QED) is 0.770. The van der Waals surface area contributed by atoms with Gasteiger partial charge in [-0.1, -0.05) is 11.6 Å². The van der Waals surface area contributed by atoms with Crippen molar-refractivity contribution < 1.29 is 13.2 Å². The number of rotatable bonds is 4. The highest BCUT2D eigenvalue weighted by molar-refractivity contribution is 7.89. The molecule has 1 aromatic heterocycles. The van der Waals surface area contributed by atoms with E-state index in [2.05, 4.69) is 15.1 Å². The Labute approximate surface area is 110 Å². The maximum absolute atomic E-state index is 12.1. The van der Waals surface area contributed by atoms with Crippen LogP contribution in [0.5, 0.6) is 0 Å². The first-order chi connectivity index (χ1) is 8.50. The number of halogens is 1. The SMILES string of the molecule is Cn1ncc(Cl)c1S(=O)(=O)NCC1COCCN1. The van der Waals surface area contributed by atoms with Crippen LogP contribution >= 0.6 is 11.6 Å². The van der Waals surface area contributed by atoms with Crippen LogP contribution in [0.1, 0.15) is 0 Å². The molecular weight excluding hydrogens is 280 g/mol. The molecule has 0 aliphatic carbocycles. The number of nitrogens with one attached hydrogen (secondary N) is 2. The van der Waals surface area contributed by atoms with Crippen LogP contribution in [0.25, 0.3) is 0 Å². The molecule has 2 rings (SSSR count). The normalized spacial score (nSPS) is 21.1. The number of hydrogen-bond acceptors (Lipinski definition) is 5. The van der Waals surface area contributed by atoms with Crippen molar-refractivity contribution in [2.75, 3.05) is 26.3 Å². The molecule has 102 valence electrons. The van der Waals surface area contributed by atoms with Crippen molar-refractivity contribution in [3.05, 3.63) is 11.2 Å². The van der Waals surface area contributed by atoms with E-state index in [0.29, 0.717) is 13.2 Å². The highest BCUT2D eigenvalue weighted by Crippen LogP contribution is 2.19. The molecule has 1 unspecified atom stereocenters. The molecule has 0 spiro atoms. The molecule has 0 amide bonds. The fourth-order valence-corrected chi connectivity index (χ4v) is 3.46. The third-order valence-electron chi connectivity index (χ3n) is 2.62. The average Bonchev–Trinajstić information content (AvgIpc) is 2.69. The molecule has 1 saturated heterocycles. The Morgan fingerprint density at radius 1 is 1.72 bits per heavy atom. The maximum atomic E-state index is 12.1. The summed E-state index contributed by atoms with van der Waals surface area (Å²) >= 11 is 5.81. The second kappa shape index (κ2) is 5.54. The number of ether oxygens (including phenoxy) is 1. The number of sulfonamides is 1. The molecule has 0 radical (unpaired) electrons. The summed E-state index contributed by atoms with van der Waals surface area (Å²) in [4.78, 5) is 0. The molecule has 0 saturated carbocycles. The first-order valence-corrected chi connectivity index (χ1v) is 7.35. The Hall–Kier alpha value is -0.670. The monoisotopic (exact) mass is 294 g/mol. The molecule has 0 aromatic carbocycles. The van der Waals surface area contributed by atoms with Crippen molar-refractivity contribution in [1.29, 1.82) is 0 Å². The standard InChI is InChI=1S/C9H15ClN4O3S/c1-14-9(8(10)5-12-14)18(15,16)13-4-7-6-17-3-2-11-7/h5,7,11,13H,2-4,6H2,1H3. The van der Waals surface area contributed by atoms with Crippen molar-refractivity contribution in [2.45, 2.75) is 11.1 Å². The summed E-state index contributed by atoms with van der Waals surface area (Å²) in [6.07, 6.45) is 1.30. The van der Waals surface area contributed by atoms with Gasteiger partial charge in [-0.15, -0.1) is 0 Å². The lowest BCUT2D eigenvalue weighted by molar-refractivity contribution is 0.0784. The lowest BCUT2D eigenvalue weighted by atomic mass is 10.3. The van der Waals surface area contributed by atoms with E-state index in [1.807, 2.05) is 0 Å². The van der Waals surface area contributed by atoms with Crippen molar-refractivity contribution in [1.82, 2.24) is 19.8 Å². The van der Waals surface area contributed by atoms with E-state index in [9.17, 15) is 8.42 Å². The zero-order chi connectivity index (χ0) is 13.2. The van der Waals surface area contributed by atoms with Gasteiger partial charge in [0.2, 0.25) is 0 Å². The predicted octanol–water partition coefficient (Wildman–Crippen LogP) is -0.660. The van der Waals surface area contributed by atoms with E-state index in [-0.39, 0.29) is 22.6 Å². The van der Waals surface area contributed by atoms with Crippen LogP contribution in [0.15, 0.2) is 11.2 Å². The van der Waals surface area contributed by atoms with E-state index in [0.717, 1.165) is 6.54 Å². The minimum Gasteiger partial charge on any atom is -0.378 e. The molecule has 18 heavy (non-hydrogen) atoms. The highest BCUT2D eigenvalue weighted by Gasteiger charge is 2.24. The summed E-state index contributed by atoms with van der Waals surface area (Å²) in [5, 5.41) is 7.04. The van der Waals surface area contributed by atoms with Gasteiger partial charge in [-0.25, -0.2) is 13.1 Å². The molecule has 7 nitrogen and oxygen atoms in total. The van der Waals surface area contributed by atoms with Gasteiger partial charge in [-0.3, -0.25) is 4.68 Å². The van der Waals surface area contributed by atoms with Crippen LogP contribution in [0, 0.1) is 0 Å². The predicted molar refractivity (Wildman–Crippen MR) is 66.0 cm³/mol. The van der Waals surface area contributed by atoms with Crippen molar-refractivity contribution >= 4 is 21.6 Å². The number of morpholine rings is 1. The van der Waals surface area contributed by atoms with E-state index >= 15 is 0 Å². The molecule has 2 N–H and O–H groups in total. The first kappa shape index (κ1) is 13.8. The van der Waals surface area contributed by atoms with Gasteiger partial charge in [0.15, 0.2) is 5.03 Å². The van der Waals surface area contributed by atoms with Crippen molar-refractivity contribution in [3.63, 3.8) is 0 Å². The smallest absolute Gasteiger partial charge is 0.259 e. The van der Waals surface area contributed by atoms with Gasteiger partial charge >= 0.3 is 0 Å². The van der Waals surface area contributed by atoms with Gasteiger partial charge in [0.25, 0.3) is 10.0 Å². The third-order valence-corrected chi connectivity index (χ3v) is 4.54. The van der Waals surface area contributed by atoms with Gasteiger partial charge in [0.05, 0.1) is 24.4 Å². The van der Waals surface area contributed by atoms with Crippen molar-refractivity contribution in [3.8, 4) is 0 Å². The fourth-order valence-electron chi connectivity index (χ4n) is 1.73. The Bertz CT molecular complexity index is 490. The zero-order valence-corrected chi connectivity index (χ0v) is 11.5. The Morgan fingerprint density at radius 3 is 3.06 bits per heavy atom. The molecule has 1 aromatic rings. The van der Waals surface area contributed by atoms with E-state index < -0.39 is 10.0 Å². The van der Waals surface area contributed by atoms with Gasteiger partial charge in [-0.05, 0) is 0 Å². The van der Waals surface area contributed by atoms with E-state index in [1.54, 1.807) is 0 Å². The molecule has 1 fully saturated rings. The summed E-state index contributed by atoms with van der Waals surface area (Å²) in [6, 6.07) is -0.0273. The fraction of sp³-hybridized carbons (Fsp3) is 0.667. The number of aryl methyl sites for hydroxylation is 1. The second-order valence-corrected chi connectivity index (χ2v) is 6.09. The van der Waals surface area contributed by atoms with Crippen LogP contribution in [-0.4, -0.2) is 50.5 Å². The largest absolute Gasteiger partial charge is 0.378 e. The molecule has 1 atom stereocenters. The highest BCUT2D eigenvalue weighted by atomic mass is 35.5. The summed E-state index contributed by atoms with van der Waals surface area (Å²) in [5.41, 5.74) is 0. The van der Waals surface area contributed by atoms with Crippen LogP contribution in [0.2, 0.25) is 5.02 Å². The van der Waals surface area contributed by atoms with Crippen LogP contribution in [-0.2, 0) is 21.8 Å². The van der Waals surface area contributed by atoms with Gasteiger partial charge in [0.1, 0.15) is 0 Å². The average molecular weight is 295 g/mol. The summed E-state index contributed by atoms with van der Waals surface area (Å²) < 4.78 is 33.1. The summed E-state index contributed by atoms with van der Waals surface area (Å²) in [7, 11) is -2.12. The number of nitrogens with zero attached hydrogens (tertiary/aromatic N) is 2. The van der Waals surface area contributed by atoms with Gasteiger partial charge < -0.3 is 10.1 Å². The lowest BCUT2D eigenvalue weighted by Gasteiger charge is -2.23. The summed E-state index contributed by atoms with van der Waals surface area (Å²) in [5.74, 6) is 0. The summed E-state index contributed by atoms with van der Waals surface area (Å²) in [6.45, 7) is 2.11. The van der Waals surface area contributed by atoms with Crippen molar-refractivity contribution in [2.24, 2.45) is 7.05 Å². The van der Waals surface area contributed by atoms with E-state index in [4.69, 9.17) is 16.3 Å². The molecule has 1 aliphatic rings. The van der Waals surface area contributed by atoms with Crippen LogP contribution in [0.3, 0.4) is 0 Å². The van der Waals surface area contributed by atoms with Crippen LogP contribution < -0.4 is 10.0 Å². The van der Waals surface area contributed by atoms with Gasteiger partial charge in [-0.2, -0.15) is 5.10 Å². The van der Waals surface area contributed by atoms with Crippen LogP contribution in [0.4, 0.5) is 0 Å². The molecule has 2 heterocycles. The number of hydrogen-bond donors (Lipinski definition) is 2. The number of aromatic nitrogens is 2. The maximum Gasteiger partial charge on any atom is 0.259 e. The Morgan fingerprint density at radius 2 is 2.50 bits per heavy atom. The van der Waals surface area contributed by atoms with Gasteiger partial charge in [0, 0.05) is 26.2 Å². The second-order valence-electron chi connectivity index (χ2n) is 4.00. The third kappa shape index (κ3) is 3.01.